The molecule has 1 aliphatic rings. The van der Waals surface area contributed by atoms with Crippen molar-refractivity contribution < 1.29 is 14.7 Å². The Morgan fingerprint density at radius 3 is 2.56 bits per heavy atom. The van der Waals surface area contributed by atoms with Crippen LogP contribution in [-0.4, -0.2) is 45.9 Å². The normalized spacial score (nSPS) is 20.1. The number of para-hydroxylation sites is 1. The molecule has 27 heavy (non-hydrogen) atoms. The molecule has 2 aromatic carbocycles. The SMILES string of the molecule is CN1C(=O)C(Cc2c[nH]c3ccccc23)NC(=O)C1Cc1ccc(O)cc1. The molecule has 1 aromatic heterocycles. The first-order valence-corrected chi connectivity index (χ1v) is 8.93. The van der Waals surface area contributed by atoms with Gasteiger partial charge in [0.2, 0.25) is 11.8 Å². The van der Waals surface area contributed by atoms with E-state index in [-0.39, 0.29) is 17.6 Å². The zero-order chi connectivity index (χ0) is 19.0. The van der Waals surface area contributed by atoms with Gasteiger partial charge in [-0.1, -0.05) is 30.3 Å². The molecule has 6 nitrogen and oxygen atoms in total. The molecule has 1 saturated heterocycles. The second-order valence-corrected chi connectivity index (χ2v) is 6.96. The van der Waals surface area contributed by atoms with Crippen molar-refractivity contribution in [3.63, 3.8) is 0 Å². The fourth-order valence-corrected chi connectivity index (χ4v) is 3.65. The van der Waals surface area contributed by atoms with E-state index in [0.717, 1.165) is 22.0 Å². The van der Waals surface area contributed by atoms with Gasteiger partial charge in [0.25, 0.3) is 0 Å². The van der Waals surface area contributed by atoms with E-state index in [9.17, 15) is 14.7 Å². The molecule has 6 heteroatoms. The van der Waals surface area contributed by atoms with Gasteiger partial charge in [0.05, 0.1) is 0 Å². The highest BCUT2D eigenvalue weighted by molar-refractivity contribution is 5.97. The number of likely N-dealkylation sites (N-methyl/N-ethyl adjacent to an activating group) is 1. The van der Waals surface area contributed by atoms with Crippen LogP contribution in [0.5, 0.6) is 5.75 Å². The molecule has 2 unspecified atom stereocenters. The number of carbonyl (C=O) groups excluding carboxylic acids is 2. The Balaban J connectivity index is 1.51. The number of H-pyrrole nitrogens is 1. The van der Waals surface area contributed by atoms with E-state index in [1.807, 2.05) is 30.5 Å². The number of phenols is 1. The summed E-state index contributed by atoms with van der Waals surface area (Å²) in [6.07, 6.45) is 2.76. The maximum Gasteiger partial charge on any atom is 0.245 e. The Labute approximate surface area is 156 Å². The summed E-state index contributed by atoms with van der Waals surface area (Å²) in [7, 11) is 1.67. The highest BCUT2D eigenvalue weighted by Gasteiger charge is 2.38. The van der Waals surface area contributed by atoms with E-state index in [1.165, 1.54) is 4.90 Å². The molecule has 4 rings (SSSR count). The van der Waals surface area contributed by atoms with E-state index < -0.39 is 12.1 Å². The van der Waals surface area contributed by atoms with Crippen LogP contribution in [0.15, 0.2) is 54.7 Å². The van der Waals surface area contributed by atoms with Crippen LogP contribution in [0.4, 0.5) is 0 Å². The van der Waals surface area contributed by atoms with Gasteiger partial charge < -0.3 is 20.3 Å². The van der Waals surface area contributed by atoms with Crippen LogP contribution >= 0.6 is 0 Å². The molecule has 3 aromatic rings. The number of nitrogens with zero attached hydrogens (tertiary/aromatic N) is 1. The molecular weight excluding hydrogens is 342 g/mol. The van der Waals surface area contributed by atoms with Gasteiger partial charge in [-0.15, -0.1) is 0 Å². The van der Waals surface area contributed by atoms with Gasteiger partial charge in [0.1, 0.15) is 17.8 Å². The molecule has 1 fully saturated rings. The van der Waals surface area contributed by atoms with Gasteiger partial charge >= 0.3 is 0 Å². The van der Waals surface area contributed by atoms with E-state index in [4.69, 9.17) is 0 Å². The average Bonchev–Trinajstić information content (AvgIpc) is 3.08. The van der Waals surface area contributed by atoms with Gasteiger partial charge in [-0.2, -0.15) is 0 Å². The van der Waals surface area contributed by atoms with Crippen molar-refractivity contribution in [3.8, 4) is 5.75 Å². The van der Waals surface area contributed by atoms with Crippen molar-refractivity contribution in [2.75, 3.05) is 7.05 Å². The van der Waals surface area contributed by atoms with Crippen LogP contribution in [0.25, 0.3) is 10.9 Å². The summed E-state index contributed by atoms with van der Waals surface area (Å²) in [4.78, 5) is 30.2. The summed E-state index contributed by atoms with van der Waals surface area (Å²) in [5.41, 5.74) is 2.91. The smallest absolute Gasteiger partial charge is 0.245 e. The maximum absolute atomic E-state index is 12.8. The molecule has 0 bridgehead atoms. The first-order chi connectivity index (χ1) is 13.0. The van der Waals surface area contributed by atoms with Crippen LogP contribution in [-0.2, 0) is 22.4 Å². The van der Waals surface area contributed by atoms with Crippen LogP contribution < -0.4 is 5.32 Å². The third-order valence-electron chi connectivity index (χ3n) is 5.20. The molecule has 2 amide bonds. The Kier molecular flexibility index (Phi) is 4.32. The fourth-order valence-electron chi connectivity index (χ4n) is 3.65. The van der Waals surface area contributed by atoms with Crippen LogP contribution in [0.3, 0.4) is 0 Å². The molecule has 138 valence electrons. The van der Waals surface area contributed by atoms with Crippen molar-refractivity contribution >= 4 is 22.7 Å². The minimum absolute atomic E-state index is 0.0938. The van der Waals surface area contributed by atoms with Gasteiger partial charge in [-0.25, -0.2) is 0 Å². The molecular formula is C21H21N3O3. The second-order valence-electron chi connectivity index (χ2n) is 6.96. The maximum atomic E-state index is 12.8. The molecule has 0 saturated carbocycles. The number of piperazine rings is 1. The highest BCUT2D eigenvalue weighted by atomic mass is 16.3. The van der Waals surface area contributed by atoms with E-state index in [1.54, 1.807) is 31.3 Å². The predicted molar refractivity (Wildman–Crippen MR) is 102 cm³/mol. The average molecular weight is 363 g/mol. The Morgan fingerprint density at radius 1 is 1.04 bits per heavy atom. The largest absolute Gasteiger partial charge is 0.508 e. The summed E-state index contributed by atoms with van der Waals surface area (Å²) in [5, 5.41) is 13.3. The summed E-state index contributed by atoms with van der Waals surface area (Å²) in [6.45, 7) is 0. The van der Waals surface area contributed by atoms with E-state index in [2.05, 4.69) is 10.3 Å². The van der Waals surface area contributed by atoms with Gasteiger partial charge in [-0.3, -0.25) is 9.59 Å². The standard InChI is InChI=1S/C21H21N3O3/c1-24-19(10-13-6-8-15(25)9-7-13)20(26)23-18(21(24)27)11-14-12-22-17-5-3-2-4-16(14)17/h2-9,12,18-19,22,25H,10-11H2,1H3,(H,23,26). The van der Waals surface area contributed by atoms with Crippen molar-refractivity contribution in [2.24, 2.45) is 0 Å². The summed E-state index contributed by atoms with van der Waals surface area (Å²) in [6, 6.07) is 13.5. The predicted octanol–water partition coefficient (Wildman–Crippen LogP) is 1.98. The number of hydrogen-bond acceptors (Lipinski definition) is 3. The Bertz CT molecular complexity index is 993. The topological polar surface area (TPSA) is 85.4 Å². The number of fused-ring (bicyclic) bond motifs is 1. The van der Waals surface area contributed by atoms with Gasteiger partial charge in [0.15, 0.2) is 0 Å². The highest BCUT2D eigenvalue weighted by Crippen LogP contribution is 2.22. The van der Waals surface area contributed by atoms with Crippen LogP contribution in [0.1, 0.15) is 11.1 Å². The Hall–Kier alpha value is -3.28. The van der Waals surface area contributed by atoms with Crippen molar-refractivity contribution in [3.05, 3.63) is 65.9 Å². The molecule has 3 N–H and O–H groups in total. The summed E-state index contributed by atoms with van der Waals surface area (Å²) in [5.74, 6) is -0.0752. The number of amides is 2. The number of nitrogens with one attached hydrogen (secondary N) is 2. The molecule has 1 aliphatic heterocycles. The third-order valence-corrected chi connectivity index (χ3v) is 5.20. The van der Waals surface area contributed by atoms with E-state index in [0.29, 0.717) is 12.8 Å². The quantitative estimate of drug-likeness (QED) is 0.663. The molecule has 0 aliphatic carbocycles. The summed E-state index contributed by atoms with van der Waals surface area (Å²) >= 11 is 0. The lowest BCUT2D eigenvalue weighted by atomic mass is 9.97. The third kappa shape index (κ3) is 3.26. The number of benzene rings is 2. The molecule has 0 radical (unpaired) electrons. The first kappa shape index (κ1) is 17.1. The summed E-state index contributed by atoms with van der Waals surface area (Å²) < 4.78 is 0. The molecule has 2 atom stereocenters. The van der Waals surface area contributed by atoms with Crippen LogP contribution in [0, 0.1) is 0 Å². The zero-order valence-corrected chi connectivity index (χ0v) is 15.0. The van der Waals surface area contributed by atoms with Crippen molar-refractivity contribution in [2.45, 2.75) is 24.9 Å². The number of hydrogen-bond donors (Lipinski definition) is 3. The van der Waals surface area contributed by atoms with Crippen LogP contribution in [0.2, 0.25) is 0 Å². The second kappa shape index (κ2) is 6.79. The van der Waals surface area contributed by atoms with E-state index >= 15 is 0 Å². The fraction of sp³-hybridized carbons (Fsp3) is 0.238. The van der Waals surface area contributed by atoms with Gasteiger partial charge in [-0.05, 0) is 29.3 Å². The first-order valence-electron chi connectivity index (χ1n) is 8.93. The van der Waals surface area contributed by atoms with Gasteiger partial charge in [0, 0.05) is 37.0 Å². The molecule has 0 spiro atoms. The Morgan fingerprint density at radius 2 is 1.78 bits per heavy atom. The number of carbonyl (C=O) groups is 2. The number of rotatable bonds is 4. The lowest BCUT2D eigenvalue weighted by Gasteiger charge is -2.36. The number of aromatic hydroxyl groups is 1. The zero-order valence-electron chi connectivity index (χ0n) is 15.0. The molecule has 2 heterocycles. The minimum Gasteiger partial charge on any atom is -0.508 e. The van der Waals surface area contributed by atoms with Crippen molar-refractivity contribution in [1.82, 2.24) is 15.2 Å². The lowest BCUT2D eigenvalue weighted by Crippen LogP contribution is -2.63. The number of aromatic nitrogens is 1. The monoisotopic (exact) mass is 363 g/mol. The lowest BCUT2D eigenvalue weighted by molar-refractivity contribution is -0.147. The number of aromatic amines is 1. The minimum atomic E-state index is -0.572. The van der Waals surface area contributed by atoms with Crippen molar-refractivity contribution in [1.29, 1.82) is 0 Å². The number of phenolic OH excluding ortho intramolecular Hbond substituents is 1.